The van der Waals surface area contributed by atoms with Gasteiger partial charge in [-0.15, -0.1) is 0 Å². The molecule has 1 N–H and O–H groups in total. The van der Waals surface area contributed by atoms with Crippen LogP contribution in [0.1, 0.15) is 48.0 Å². The molecule has 4 nitrogen and oxygen atoms in total. The predicted octanol–water partition coefficient (Wildman–Crippen LogP) is 3.64. The number of nitrogens with zero attached hydrogens (tertiary/aromatic N) is 2. The highest BCUT2D eigenvalue weighted by Gasteiger charge is 2.68. The fourth-order valence-corrected chi connectivity index (χ4v) is 3.50. The fourth-order valence-electron chi connectivity index (χ4n) is 3.50. The van der Waals surface area contributed by atoms with Crippen LogP contribution in [-0.2, 0) is 0 Å². The third-order valence-corrected chi connectivity index (χ3v) is 4.74. The Hall–Kier alpha value is -1.89. The zero-order valence-electron chi connectivity index (χ0n) is 13.3. The van der Waals surface area contributed by atoms with Crippen molar-refractivity contribution >= 4 is 11.6 Å². The third kappa shape index (κ3) is 2.60. The Kier molecular flexibility index (Phi) is 4.15. The van der Waals surface area contributed by atoms with Crippen LogP contribution < -0.4 is 0 Å². The number of carbonyl (C=O) groups is 1. The van der Waals surface area contributed by atoms with Crippen molar-refractivity contribution in [1.29, 1.82) is 0 Å². The SMILES string of the molecule is Cc1cccc(C(=O)N2N=C3CCCCC[C@H]3[C@]2(O)C(F)(F)F)c1. The molecule has 0 bridgehead atoms. The van der Waals surface area contributed by atoms with Gasteiger partial charge in [0.25, 0.3) is 11.6 Å². The number of carbonyl (C=O) groups excluding carboxylic acids is 1. The number of amides is 1. The average Bonchev–Trinajstić information content (AvgIpc) is 2.68. The van der Waals surface area contributed by atoms with Crippen LogP contribution in [0, 0.1) is 12.8 Å². The van der Waals surface area contributed by atoms with E-state index in [4.69, 9.17) is 0 Å². The van der Waals surface area contributed by atoms with Gasteiger partial charge in [-0.2, -0.15) is 23.3 Å². The minimum absolute atomic E-state index is 0.0819. The number of rotatable bonds is 1. The van der Waals surface area contributed by atoms with Crippen LogP contribution in [0.5, 0.6) is 0 Å². The number of fused-ring (bicyclic) bond motifs is 1. The quantitative estimate of drug-likeness (QED) is 0.849. The number of aliphatic hydroxyl groups is 1. The summed E-state index contributed by atoms with van der Waals surface area (Å²) >= 11 is 0. The first-order valence-electron chi connectivity index (χ1n) is 8.03. The lowest BCUT2D eigenvalue weighted by Crippen LogP contribution is -2.61. The molecule has 2 atom stereocenters. The molecule has 0 saturated heterocycles. The molecule has 0 radical (unpaired) electrons. The molecule has 3 rings (SSSR count). The molecule has 1 aliphatic heterocycles. The highest BCUT2D eigenvalue weighted by atomic mass is 19.4. The summed E-state index contributed by atoms with van der Waals surface area (Å²) in [7, 11) is 0. The van der Waals surface area contributed by atoms with Gasteiger partial charge < -0.3 is 5.11 Å². The molecule has 1 aliphatic carbocycles. The van der Waals surface area contributed by atoms with E-state index in [1.165, 1.54) is 12.1 Å². The Morgan fingerprint density at radius 1 is 1.33 bits per heavy atom. The molecule has 1 fully saturated rings. The third-order valence-electron chi connectivity index (χ3n) is 4.74. The predicted molar refractivity (Wildman–Crippen MR) is 82.4 cm³/mol. The van der Waals surface area contributed by atoms with E-state index in [-0.39, 0.29) is 22.7 Å². The maximum atomic E-state index is 13.7. The van der Waals surface area contributed by atoms with Gasteiger partial charge in [0, 0.05) is 11.3 Å². The largest absolute Gasteiger partial charge is 0.439 e. The summed E-state index contributed by atoms with van der Waals surface area (Å²) in [5.41, 5.74) is -2.17. The Morgan fingerprint density at radius 2 is 2.08 bits per heavy atom. The monoisotopic (exact) mass is 340 g/mol. The molecular weight excluding hydrogens is 321 g/mol. The van der Waals surface area contributed by atoms with Crippen molar-refractivity contribution in [3.63, 3.8) is 0 Å². The first-order chi connectivity index (χ1) is 11.2. The van der Waals surface area contributed by atoms with Crippen molar-refractivity contribution in [2.75, 3.05) is 0 Å². The maximum absolute atomic E-state index is 13.7. The molecular formula is C17H19F3N2O2. The molecule has 130 valence electrons. The van der Waals surface area contributed by atoms with Gasteiger partial charge in [-0.1, -0.05) is 30.5 Å². The normalized spacial score (nSPS) is 27.5. The van der Waals surface area contributed by atoms with Gasteiger partial charge >= 0.3 is 6.18 Å². The highest BCUT2D eigenvalue weighted by Crippen LogP contribution is 2.48. The molecule has 0 unspecified atom stereocenters. The van der Waals surface area contributed by atoms with Crippen LogP contribution in [0.25, 0.3) is 0 Å². The number of alkyl halides is 3. The first kappa shape index (κ1) is 17.0. The van der Waals surface area contributed by atoms with E-state index in [2.05, 4.69) is 5.10 Å². The minimum Gasteiger partial charge on any atom is -0.362 e. The van der Waals surface area contributed by atoms with Crippen LogP contribution in [0.4, 0.5) is 13.2 Å². The average molecular weight is 340 g/mol. The van der Waals surface area contributed by atoms with Crippen molar-refractivity contribution in [3.05, 3.63) is 35.4 Å². The number of hydrazone groups is 1. The molecule has 0 aromatic heterocycles. The lowest BCUT2D eigenvalue weighted by atomic mass is 9.87. The maximum Gasteiger partial charge on any atom is 0.439 e. The fraction of sp³-hybridized carbons (Fsp3) is 0.529. The summed E-state index contributed by atoms with van der Waals surface area (Å²) in [6.45, 7) is 1.74. The van der Waals surface area contributed by atoms with E-state index in [1.807, 2.05) is 0 Å². The molecule has 1 aromatic rings. The molecule has 1 amide bonds. The lowest BCUT2D eigenvalue weighted by molar-refractivity contribution is -0.312. The van der Waals surface area contributed by atoms with Crippen LogP contribution in [0.15, 0.2) is 29.4 Å². The van der Waals surface area contributed by atoms with E-state index in [1.54, 1.807) is 19.1 Å². The van der Waals surface area contributed by atoms with E-state index < -0.39 is 23.7 Å². The van der Waals surface area contributed by atoms with Crippen LogP contribution in [0.2, 0.25) is 0 Å². The highest BCUT2D eigenvalue weighted by molar-refractivity contribution is 5.99. The lowest BCUT2D eigenvalue weighted by Gasteiger charge is -2.37. The molecule has 2 aliphatic rings. The molecule has 7 heteroatoms. The zero-order valence-corrected chi connectivity index (χ0v) is 13.3. The van der Waals surface area contributed by atoms with Crippen molar-refractivity contribution in [3.8, 4) is 0 Å². The van der Waals surface area contributed by atoms with Gasteiger partial charge in [-0.25, -0.2) is 0 Å². The molecule has 1 heterocycles. The Labute approximate surface area is 138 Å². The van der Waals surface area contributed by atoms with Crippen molar-refractivity contribution in [2.24, 2.45) is 11.0 Å². The van der Waals surface area contributed by atoms with Crippen LogP contribution in [-0.4, -0.2) is 33.6 Å². The standard InChI is InChI=1S/C17H19F3N2O2/c1-11-6-5-7-12(10-11)15(23)22-16(24,17(18,19)20)13-8-3-2-4-9-14(13)21-22/h5-7,10,13,24H,2-4,8-9H2,1H3/t13-,16+/m1/s1. The van der Waals surface area contributed by atoms with Crippen LogP contribution in [0.3, 0.4) is 0 Å². The zero-order chi connectivity index (χ0) is 17.5. The number of halogens is 3. The van der Waals surface area contributed by atoms with Crippen LogP contribution >= 0.6 is 0 Å². The number of benzene rings is 1. The molecule has 24 heavy (non-hydrogen) atoms. The first-order valence-corrected chi connectivity index (χ1v) is 8.03. The van der Waals surface area contributed by atoms with E-state index in [9.17, 15) is 23.1 Å². The van der Waals surface area contributed by atoms with Crippen molar-refractivity contribution < 1.29 is 23.1 Å². The molecule has 1 aromatic carbocycles. The number of aryl methyl sites for hydroxylation is 1. The van der Waals surface area contributed by atoms with E-state index >= 15 is 0 Å². The minimum atomic E-state index is -4.98. The molecule has 0 spiro atoms. The van der Waals surface area contributed by atoms with E-state index in [0.29, 0.717) is 12.8 Å². The van der Waals surface area contributed by atoms with Gasteiger partial charge in [0.15, 0.2) is 0 Å². The van der Waals surface area contributed by atoms with Crippen molar-refractivity contribution in [1.82, 2.24) is 5.01 Å². The summed E-state index contributed by atoms with van der Waals surface area (Å²) in [6.07, 6.45) is -2.33. The second-order valence-electron chi connectivity index (χ2n) is 6.45. The Bertz CT molecular complexity index is 687. The number of hydrogen-bond acceptors (Lipinski definition) is 3. The second kappa shape index (κ2) is 5.88. The molecule has 1 saturated carbocycles. The smallest absolute Gasteiger partial charge is 0.362 e. The van der Waals surface area contributed by atoms with Gasteiger partial charge in [-0.3, -0.25) is 4.79 Å². The topological polar surface area (TPSA) is 52.9 Å². The summed E-state index contributed by atoms with van der Waals surface area (Å²) in [5.74, 6) is -2.12. The second-order valence-corrected chi connectivity index (χ2v) is 6.45. The van der Waals surface area contributed by atoms with Crippen molar-refractivity contribution in [2.45, 2.75) is 50.9 Å². The summed E-state index contributed by atoms with van der Waals surface area (Å²) in [4.78, 5) is 12.6. The van der Waals surface area contributed by atoms with Gasteiger partial charge in [0.1, 0.15) is 0 Å². The summed E-state index contributed by atoms with van der Waals surface area (Å²) in [6, 6.07) is 6.26. The van der Waals surface area contributed by atoms with E-state index in [0.717, 1.165) is 18.4 Å². The summed E-state index contributed by atoms with van der Waals surface area (Å²) < 4.78 is 41.2. The van der Waals surface area contributed by atoms with Gasteiger partial charge in [0.2, 0.25) is 0 Å². The Morgan fingerprint density at radius 3 is 2.75 bits per heavy atom. The number of hydrogen-bond donors (Lipinski definition) is 1. The van der Waals surface area contributed by atoms with Gasteiger partial charge in [0.05, 0.1) is 5.92 Å². The Balaban J connectivity index is 2.05. The van der Waals surface area contributed by atoms with Gasteiger partial charge in [-0.05, 0) is 38.3 Å². The summed E-state index contributed by atoms with van der Waals surface area (Å²) in [5, 5.41) is 14.8.